The highest BCUT2D eigenvalue weighted by molar-refractivity contribution is 5.64. The van der Waals surface area contributed by atoms with Gasteiger partial charge < -0.3 is 4.74 Å². The summed E-state index contributed by atoms with van der Waals surface area (Å²) in [5.41, 5.74) is 5.34. The topological polar surface area (TPSA) is 9.23 Å². The zero-order valence-electron chi connectivity index (χ0n) is 20.6. The van der Waals surface area contributed by atoms with E-state index in [2.05, 4.69) is 74.2 Å². The molecule has 4 rings (SSSR count). The van der Waals surface area contributed by atoms with Crippen molar-refractivity contribution in [2.24, 2.45) is 17.8 Å². The standard InChI is InChI=1S/C32H42O/c1-3-5-6-25-7-11-27(12-8-25)29-15-19-31(20-16-29)32-21-17-30(18-22-32)28-13-9-26(10-14-28)24-33-23-4-2/h3-5,9-10,13-14,17-18,21-22,25,27,29,31H,2,6-8,11-12,15-16,19-20,23-24H2,1H3/b5-3+/t25-,27-,29?,31?. The molecule has 0 bridgehead atoms. The maximum absolute atomic E-state index is 5.54. The largest absolute Gasteiger partial charge is 0.373 e. The smallest absolute Gasteiger partial charge is 0.0721 e. The lowest BCUT2D eigenvalue weighted by Gasteiger charge is -2.38. The van der Waals surface area contributed by atoms with Gasteiger partial charge >= 0.3 is 0 Å². The molecule has 2 aromatic rings. The number of ether oxygens (including phenoxy) is 1. The first-order valence-corrected chi connectivity index (χ1v) is 13.3. The molecule has 1 heteroatoms. The van der Waals surface area contributed by atoms with Crippen LogP contribution >= 0.6 is 0 Å². The third-order valence-electron chi connectivity index (χ3n) is 8.21. The van der Waals surface area contributed by atoms with E-state index in [9.17, 15) is 0 Å². The zero-order chi connectivity index (χ0) is 22.9. The normalized spacial score (nSPS) is 25.8. The summed E-state index contributed by atoms with van der Waals surface area (Å²) in [5.74, 6) is 3.69. The van der Waals surface area contributed by atoms with Gasteiger partial charge in [-0.05, 0) is 111 Å². The summed E-state index contributed by atoms with van der Waals surface area (Å²) < 4.78 is 5.54. The molecule has 176 valence electrons. The molecule has 1 nitrogen and oxygen atoms in total. The molecule has 2 aliphatic carbocycles. The first-order chi connectivity index (χ1) is 16.3. The van der Waals surface area contributed by atoms with Crippen LogP contribution in [-0.4, -0.2) is 6.61 Å². The molecule has 2 saturated carbocycles. The highest BCUT2D eigenvalue weighted by Crippen LogP contribution is 2.44. The van der Waals surface area contributed by atoms with Crippen molar-refractivity contribution >= 4 is 0 Å². The molecule has 2 aromatic carbocycles. The molecule has 2 aliphatic rings. The Morgan fingerprint density at radius 3 is 1.94 bits per heavy atom. The summed E-state index contributed by atoms with van der Waals surface area (Å²) in [7, 11) is 0. The summed E-state index contributed by atoms with van der Waals surface area (Å²) in [6.07, 6.45) is 19.2. The van der Waals surface area contributed by atoms with E-state index in [1.807, 2.05) is 0 Å². The number of rotatable bonds is 9. The summed E-state index contributed by atoms with van der Waals surface area (Å²) in [4.78, 5) is 0. The van der Waals surface area contributed by atoms with E-state index >= 15 is 0 Å². The lowest BCUT2D eigenvalue weighted by molar-refractivity contribution is 0.149. The van der Waals surface area contributed by atoms with Gasteiger partial charge in [0.05, 0.1) is 13.2 Å². The van der Waals surface area contributed by atoms with Crippen molar-refractivity contribution in [2.75, 3.05) is 6.61 Å². The van der Waals surface area contributed by atoms with Crippen molar-refractivity contribution in [3.8, 4) is 11.1 Å². The van der Waals surface area contributed by atoms with E-state index in [-0.39, 0.29) is 0 Å². The SMILES string of the molecule is C=CCOCc1ccc(-c2ccc(C3CCC([C@H]4CC[C@H](C/C=C/C)CC4)CC3)cc2)cc1. The van der Waals surface area contributed by atoms with Crippen molar-refractivity contribution in [3.63, 3.8) is 0 Å². The fourth-order valence-electron chi connectivity index (χ4n) is 6.15. The molecule has 0 atom stereocenters. The van der Waals surface area contributed by atoms with Gasteiger partial charge in [-0.2, -0.15) is 0 Å². The second-order valence-electron chi connectivity index (χ2n) is 10.3. The van der Waals surface area contributed by atoms with Crippen molar-refractivity contribution < 1.29 is 4.74 Å². The highest BCUT2D eigenvalue weighted by atomic mass is 16.5. The average molecular weight is 443 g/mol. The quantitative estimate of drug-likeness (QED) is 0.278. The number of allylic oxidation sites excluding steroid dienone is 2. The third kappa shape index (κ3) is 6.70. The molecule has 0 radical (unpaired) electrons. The molecule has 33 heavy (non-hydrogen) atoms. The van der Waals surface area contributed by atoms with Crippen LogP contribution in [0.3, 0.4) is 0 Å². The zero-order valence-corrected chi connectivity index (χ0v) is 20.6. The summed E-state index contributed by atoms with van der Waals surface area (Å²) in [6, 6.07) is 18.2. The van der Waals surface area contributed by atoms with Crippen LogP contribution in [0.15, 0.2) is 73.3 Å². The maximum Gasteiger partial charge on any atom is 0.0721 e. The molecule has 0 aliphatic heterocycles. The van der Waals surface area contributed by atoms with Gasteiger partial charge in [0.25, 0.3) is 0 Å². The van der Waals surface area contributed by atoms with Crippen LogP contribution in [-0.2, 0) is 11.3 Å². The fourth-order valence-corrected chi connectivity index (χ4v) is 6.15. The van der Waals surface area contributed by atoms with Crippen molar-refractivity contribution in [1.82, 2.24) is 0 Å². The van der Waals surface area contributed by atoms with Crippen LogP contribution < -0.4 is 0 Å². The minimum atomic E-state index is 0.600. The lowest BCUT2D eigenvalue weighted by Crippen LogP contribution is -2.25. The molecule has 0 saturated heterocycles. The Kier molecular flexibility index (Phi) is 9.01. The fraction of sp³-hybridized carbons (Fsp3) is 0.500. The minimum absolute atomic E-state index is 0.600. The summed E-state index contributed by atoms with van der Waals surface area (Å²) in [5, 5.41) is 0. The predicted molar refractivity (Wildman–Crippen MR) is 141 cm³/mol. The average Bonchev–Trinajstić information content (AvgIpc) is 2.89. The number of hydrogen-bond acceptors (Lipinski definition) is 1. The van der Waals surface area contributed by atoms with E-state index in [1.165, 1.54) is 74.5 Å². The van der Waals surface area contributed by atoms with Gasteiger partial charge in [-0.15, -0.1) is 6.58 Å². The van der Waals surface area contributed by atoms with E-state index in [1.54, 1.807) is 11.6 Å². The molecule has 0 spiro atoms. The van der Waals surface area contributed by atoms with E-state index in [4.69, 9.17) is 4.74 Å². The van der Waals surface area contributed by atoms with Gasteiger partial charge in [-0.3, -0.25) is 0 Å². The molecule has 0 N–H and O–H groups in total. The molecule has 0 unspecified atom stereocenters. The van der Waals surface area contributed by atoms with Crippen molar-refractivity contribution in [2.45, 2.75) is 77.2 Å². The summed E-state index contributed by atoms with van der Waals surface area (Å²) >= 11 is 0. The Balaban J connectivity index is 1.25. The number of hydrogen-bond donors (Lipinski definition) is 0. The van der Waals surface area contributed by atoms with Crippen LogP contribution in [0.5, 0.6) is 0 Å². The van der Waals surface area contributed by atoms with E-state index in [0.29, 0.717) is 13.2 Å². The minimum Gasteiger partial charge on any atom is -0.373 e. The molecular formula is C32H42O. The van der Waals surface area contributed by atoms with Gasteiger partial charge in [0.15, 0.2) is 0 Å². The summed E-state index contributed by atoms with van der Waals surface area (Å²) in [6.45, 7) is 7.09. The molecule has 0 heterocycles. The van der Waals surface area contributed by atoms with Gasteiger partial charge in [0.2, 0.25) is 0 Å². The van der Waals surface area contributed by atoms with E-state index < -0.39 is 0 Å². The van der Waals surface area contributed by atoms with Crippen molar-refractivity contribution in [1.29, 1.82) is 0 Å². The molecule has 2 fully saturated rings. The maximum atomic E-state index is 5.54. The van der Waals surface area contributed by atoms with Gasteiger partial charge in [-0.1, -0.05) is 66.8 Å². The predicted octanol–water partition coefficient (Wildman–Crippen LogP) is 9.10. The first-order valence-electron chi connectivity index (χ1n) is 13.3. The molecular weight excluding hydrogens is 400 g/mol. The highest BCUT2D eigenvalue weighted by Gasteiger charge is 2.31. The molecule has 0 aromatic heterocycles. The van der Waals surface area contributed by atoms with Crippen LogP contribution in [0.4, 0.5) is 0 Å². The molecule has 0 amide bonds. The Labute approximate surface area is 202 Å². The third-order valence-corrected chi connectivity index (χ3v) is 8.21. The van der Waals surface area contributed by atoms with Crippen LogP contribution in [0.1, 0.15) is 81.8 Å². The van der Waals surface area contributed by atoms with Gasteiger partial charge in [0.1, 0.15) is 0 Å². The van der Waals surface area contributed by atoms with Gasteiger partial charge in [0, 0.05) is 0 Å². The lowest BCUT2D eigenvalue weighted by atomic mass is 9.68. The Hall–Kier alpha value is -2.12. The monoisotopic (exact) mass is 442 g/mol. The second-order valence-corrected chi connectivity index (χ2v) is 10.3. The van der Waals surface area contributed by atoms with Crippen molar-refractivity contribution in [3.05, 3.63) is 84.5 Å². The number of benzene rings is 2. The Morgan fingerprint density at radius 2 is 1.36 bits per heavy atom. The van der Waals surface area contributed by atoms with E-state index in [0.717, 1.165) is 23.7 Å². The van der Waals surface area contributed by atoms with Crippen LogP contribution in [0, 0.1) is 17.8 Å². The first kappa shape index (κ1) is 24.0. The Bertz CT molecular complexity index is 860. The van der Waals surface area contributed by atoms with Gasteiger partial charge in [-0.25, -0.2) is 0 Å². The second kappa shape index (κ2) is 12.4. The van der Waals surface area contributed by atoms with Crippen LogP contribution in [0.2, 0.25) is 0 Å². The Morgan fingerprint density at radius 1 is 0.788 bits per heavy atom. The van der Waals surface area contributed by atoms with Crippen LogP contribution in [0.25, 0.3) is 11.1 Å².